The number of fused-ring (bicyclic) bond motifs is 1. The van der Waals surface area contributed by atoms with Gasteiger partial charge in [-0.1, -0.05) is 0 Å². The van der Waals surface area contributed by atoms with E-state index in [1.165, 1.54) is 0 Å². The minimum absolute atomic E-state index is 0.0192. The summed E-state index contributed by atoms with van der Waals surface area (Å²) in [5.74, 6) is 2.45. The summed E-state index contributed by atoms with van der Waals surface area (Å²) in [4.78, 5) is 18.5. The van der Waals surface area contributed by atoms with Crippen LogP contribution in [0.2, 0.25) is 0 Å². The normalized spacial score (nSPS) is 16.2. The predicted molar refractivity (Wildman–Crippen MR) is 109 cm³/mol. The number of nitrogens with one attached hydrogen (secondary N) is 1. The molecule has 2 heterocycles. The van der Waals surface area contributed by atoms with Crippen molar-refractivity contribution in [3.05, 3.63) is 18.2 Å². The van der Waals surface area contributed by atoms with E-state index in [1.54, 1.807) is 14.2 Å². The van der Waals surface area contributed by atoms with E-state index in [0.29, 0.717) is 30.5 Å². The lowest BCUT2D eigenvalue weighted by molar-refractivity contribution is -0.130. The van der Waals surface area contributed by atoms with E-state index >= 15 is 0 Å². The Labute approximate surface area is 164 Å². The number of rotatable bonds is 8. The third-order valence-electron chi connectivity index (χ3n) is 4.93. The SMILES string of the molecule is COc1cc2cc(N(C)CCCNC(=O)C3CCCO3)nc(N)c2cc1OC. The zero-order valence-corrected chi connectivity index (χ0v) is 16.7. The number of hydrogen-bond acceptors (Lipinski definition) is 7. The minimum atomic E-state index is -0.286. The van der Waals surface area contributed by atoms with Crippen molar-refractivity contribution in [3.63, 3.8) is 0 Å². The maximum absolute atomic E-state index is 12.0. The Bertz CT molecular complexity index is 837. The van der Waals surface area contributed by atoms with Gasteiger partial charge in [0.15, 0.2) is 11.5 Å². The number of nitrogens with two attached hydrogens (primary N) is 1. The van der Waals surface area contributed by atoms with Crippen molar-refractivity contribution in [1.29, 1.82) is 0 Å². The van der Waals surface area contributed by atoms with E-state index in [2.05, 4.69) is 10.3 Å². The number of carbonyl (C=O) groups is 1. The third kappa shape index (κ3) is 4.39. The number of aromatic nitrogens is 1. The smallest absolute Gasteiger partial charge is 0.249 e. The highest BCUT2D eigenvalue weighted by molar-refractivity contribution is 5.95. The first-order valence-electron chi connectivity index (χ1n) is 9.46. The zero-order chi connectivity index (χ0) is 20.1. The van der Waals surface area contributed by atoms with Crippen LogP contribution in [0.5, 0.6) is 11.5 Å². The van der Waals surface area contributed by atoms with Crippen molar-refractivity contribution in [1.82, 2.24) is 10.3 Å². The van der Waals surface area contributed by atoms with E-state index in [4.69, 9.17) is 19.9 Å². The second-order valence-corrected chi connectivity index (χ2v) is 6.86. The number of anilines is 2. The Morgan fingerprint density at radius 3 is 2.75 bits per heavy atom. The van der Waals surface area contributed by atoms with E-state index in [-0.39, 0.29) is 12.0 Å². The first kappa shape index (κ1) is 20.0. The summed E-state index contributed by atoms with van der Waals surface area (Å²) in [6.07, 6.45) is 2.26. The van der Waals surface area contributed by atoms with Gasteiger partial charge in [0, 0.05) is 32.1 Å². The van der Waals surface area contributed by atoms with Crippen molar-refractivity contribution in [2.75, 3.05) is 51.6 Å². The fourth-order valence-corrected chi connectivity index (χ4v) is 3.33. The summed E-state index contributed by atoms with van der Waals surface area (Å²) in [6.45, 7) is 2.00. The van der Waals surface area contributed by atoms with Crippen LogP contribution in [-0.4, -0.2) is 58.0 Å². The second kappa shape index (κ2) is 8.97. The van der Waals surface area contributed by atoms with Crippen LogP contribution >= 0.6 is 0 Å². The molecule has 0 saturated carbocycles. The molecule has 3 rings (SSSR count). The number of ether oxygens (including phenoxy) is 3. The second-order valence-electron chi connectivity index (χ2n) is 6.86. The molecule has 1 aliphatic heterocycles. The molecule has 152 valence electrons. The number of hydrogen-bond donors (Lipinski definition) is 2. The van der Waals surface area contributed by atoms with E-state index < -0.39 is 0 Å². The van der Waals surface area contributed by atoms with Gasteiger partial charge in [-0.25, -0.2) is 4.98 Å². The molecule has 1 fully saturated rings. The van der Waals surface area contributed by atoms with Crippen LogP contribution < -0.4 is 25.4 Å². The molecule has 1 aromatic carbocycles. The van der Waals surface area contributed by atoms with Crippen LogP contribution in [0, 0.1) is 0 Å². The Morgan fingerprint density at radius 2 is 2.07 bits per heavy atom. The number of benzene rings is 1. The quantitative estimate of drug-likeness (QED) is 0.667. The van der Waals surface area contributed by atoms with Gasteiger partial charge >= 0.3 is 0 Å². The van der Waals surface area contributed by atoms with Crippen molar-refractivity contribution in [3.8, 4) is 11.5 Å². The summed E-state index contributed by atoms with van der Waals surface area (Å²) >= 11 is 0. The average molecular weight is 388 g/mol. The molecule has 1 atom stereocenters. The molecule has 1 amide bonds. The minimum Gasteiger partial charge on any atom is -0.493 e. The van der Waals surface area contributed by atoms with Gasteiger partial charge in [-0.2, -0.15) is 0 Å². The molecule has 1 aromatic heterocycles. The zero-order valence-electron chi connectivity index (χ0n) is 16.7. The Morgan fingerprint density at radius 1 is 1.32 bits per heavy atom. The molecular formula is C20H28N4O4. The monoisotopic (exact) mass is 388 g/mol. The van der Waals surface area contributed by atoms with Crippen molar-refractivity contribution >= 4 is 28.3 Å². The first-order valence-corrected chi connectivity index (χ1v) is 9.46. The highest BCUT2D eigenvalue weighted by Crippen LogP contribution is 2.35. The maximum atomic E-state index is 12.0. The van der Waals surface area contributed by atoms with Crippen LogP contribution in [0.4, 0.5) is 11.6 Å². The van der Waals surface area contributed by atoms with E-state index in [9.17, 15) is 4.79 Å². The number of nitrogens with zero attached hydrogens (tertiary/aromatic N) is 2. The molecule has 2 aromatic rings. The summed E-state index contributed by atoms with van der Waals surface area (Å²) in [5, 5.41) is 4.68. The lowest BCUT2D eigenvalue weighted by Gasteiger charge is -2.20. The highest BCUT2D eigenvalue weighted by Gasteiger charge is 2.22. The Hall–Kier alpha value is -2.74. The maximum Gasteiger partial charge on any atom is 0.249 e. The van der Waals surface area contributed by atoms with Gasteiger partial charge in [0.25, 0.3) is 0 Å². The van der Waals surface area contributed by atoms with Gasteiger partial charge < -0.3 is 30.2 Å². The number of pyridine rings is 1. The molecule has 28 heavy (non-hydrogen) atoms. The molecule has 8 nitrogen and oxygen atoms in total. The molecule has 8 heteroatoms. The highest BCUT2D eigenvalue weighted by atomic mass is 16.5. The fraction of sp³-hybridized carbons (Fsp3) is 0.500. The first-order chi connectivity index (χ1) is 13.5. The summed E-state index contributed by atoms with van der Waals surface area (Å²) in [7, 11) is 5.15. The van der Waals surface area contributed by atoms with Gasteiger partial charge in [0.1, 0.15) is 17.7 Å². The van der Waals surface area contributed by atoms with Gasteiger partial charge in [-0.15, -0.1) is 0 Å². The van der Waals surface area contributed by atoms with Crippen molar-refractivity contribution in [2.45, 2.75) is 25.4 Å². The van der Waals surface area contributed by atoms with Gasteiger partial charge in [0.05, 0.1) is 14.2 Å². The molecule has 1 aliphatic rings. The molecule has 0 radical (unpaired) electrons. The van der Waals surface area contributed by atoms with Crippen molar-refractivity contribution < 1.29 is 19.0 Å². The molecule has 1 unspecified atom stereocenters. The van der Waals surface area contributed by atoms with Gasteiger partial charge in [-0.05, 0) is 42.8 Å². The third-order valence-corrected chi connectivity index (χ3v) is 4.93. The number of nitrogen functional groups attached to an aromatic ring is 1. The predicted octanol–water partition coefficient (Wildman–Crippen LogP) is 1.96. The fourth-order valence-electron chi connectivity index (χ4n) is 3.33. The molecular weight excluding hydrogens is 360 g/mol. The van der Waals surface area contributed by atoms with Crippen LogP contribution in [0.1, 0.15) is 19.3 Å². The van der Waals surface area contributed by atoms with Gasteiger partial charge in [-0.3, -0.25) is 4.79 Å². The standard InChI is InChI=1S/C20H28N4O4/c1-24(8-5-7-22-20(25)15-6-4-9-28-15)18-11-13-10-16(26-2)17(27-3)12-14(13)19(21)23-18/h10-12,15H,4-9H2,1-3H3,(H2,21,23)(H,22,25). The summed E-state index contributed by atoms with van der Waals surface area (Å²) < 4.78 is 16.1. The molecule has 0 bridgehead atoms. The number of amides is 1. The number of carbonyl (C=O) groups excluding carboxylic acids is 1. The largest absolute Gasteiger partial charge is 0.493 e. The molecule has 3 N–H and O–H groups in total. The molecule has 0 aliphatic carbocycles. The van der Waals surface area contributed by atoms with Crippen LogP contribution in [0.3, 0.4) is 0 Å². The topological polar surface area (TPSA) is 98.9 Å². The van der Waals surface area contributed by atoms with Crippen molar-refractivity contribution in [2.24, 2.45) is 0 Å². The van der Waals surface area contributed by atoms with Gasteiger partial charge in [0.2, 0.25) is 5.91 Å². The average Bonchev–Trinajstić information content (AvgIpc) is 3.24. The lowest BCUT2D eigenvalue weighted by atomic mass is 10.1. The summed E-state index contributed by atoms with van der Waals surface area (Å²) in [5.41, 5.74) is 6.17. The molecule has 0 spiro atoms. The lowest BCUT2D eigenvalue weighted by Crippen LogP contribution is -2.35. The Balaban J connectivity index is 1.62. The van der Waals surface area contributed by atoms with Crippen LogP contribution in [0.15, 0.2) is 18.2 Å². The molecule has 1 saturated heterocycles. The van der Waals surface area contributed by atoms with Crippen LogP contribution in [-0.2, 0) is 9.53 Å². The Kier molecular flexibility index (Phi) is 6.41. The van der Waals surface area contributed by atoms with E-state index in [0.717, 1.165) is 42.4 Å². The van der Waals surface area contributed by atoms with E-state index in [1.807, 2.05) is 30.1 Å². The number of methoxy groups -OCH3 is 2. The van der Waals surface area contributed by atoms with Crippen LogP contribution in [0.25, 0.3) is 10.8 Å². The summed E-state index contributed by atoms with van der Waals surface area (Å²) in [6, 6.07) is 5.70.